The van der Waals surface area contributed by atoms with Crippen LogP contribution in [0.15, 0.2) is 48.5 Å². The molecule has 2 aromatic rings. The van der Waals surface area contributed by atoms with E-state index in [4.69, 9.17) is 0 Å². The highest BCUT2D eigenvalue weighted by molar-refractivity contribution is 5.48. The van der Waals surface area contributed by atoms with Crippen molar-refractivity contribution < 1.29 is 0 Å². The Kier molecular flexibility index (Phi) is 3.89. The minimum atomic E-state index is 0.288. The number of aryl methyl sites for hydroxylation is 2. The van der Waals surface area contributed by atoms with Crippen LogP contribution in [0.1, 0.15) is 54.9 Å². The molecule has 0 heterocycles. The fraction of sp³-hybridized carbons (Fsp3) is 0.429. The predicted molar refractivity (Wildman–Crippen MR) is 90.8 cm³/mol. The topological polar surface area (TPSA) is 0 Å². The lowest BCUT2D eigenvalue weighted by molar-refractivity contribution is 0.597. The quantitative estimate of drug-likeness (QED) is 0.648. The van der Waals surface area contributed by atoms with Gasteiger partial charge in [0, 0.05) is 5.41 Å². The summed E-state index contributed by atoms with van der Waals surface area (Å²) in [4.78, 5) is 0. The van der Waals surface area contributed by atoms with Crippen molar-refractivity contribution in [1.82, 2.24) is 0 Å². The predicted octanol–water partition coefficient (Wildman–Crippen LogP) is 5.80. The molecule has 1 aliphatic rings. The first kappa shape index (κ1) is 14.4. The molecule has 1 fully saturated rings. The Morgan fingerprint density at radius 1 is 0.857 bits per heavy atom. The molecular formula is C21H26. The SMILES string of the molecule is CCCC[C@@H]1CC1(c1ccc(C)cc1)c1ccc(C)cc1. The fourth-order valence-corrected chi connectivity index (χ4v) is 3.70. The third-order valence-electron chi connectivity index (χ3n) is 5.14. The molecule has 2 aromatic carbocycles. The van der Waals surface area contributed by atoms with Gasteiger partial charge < -0.3 is 0 Å². The Morgan fingerprint density at radius 3 is 1.76 bits per heavy atom. The van der Waals surface area contributed by atoms with Gasteiger partial charge in [0.05, 0.1) is 0 Å². The molecule has 0 amide bonds. The molecule has 0 aromatic heterocycles. The molecule has 0 heteroatoms. The molecule has 21 heavy (non-hydrogen) atoms. The summed E-state index contributed by atoms with van der Waals surface area (Å²) >= 11 is 0. The summed E-state index contributed by atoms with van der Waals surface area (Å²) in [6, 6.07) is 18.5. The minimum Gasteiger partial charge on any atom is -0.0654 e. The van der Waals surface area contributed by atoms with Crippen molar-refractivity contribution in [2.24, 2.45) is 5.92 Å². The van der Waals surface area contributed by atoms with Crippen LogP contribution < -0.4 is 0 Å². The summed E-state index contributed by atoms with van der Waals surface area (Å²) < 4.78 is 0. The Bertz CT molecular complexity index is 543. The number of hydrogen-bond acceptors (Lipinski definition) is 0. The van der Waals surface area contributed by atoms with E-state index >= 15 is 0 Å². The van der Waals surface area contributed by atoms with Crippen LogP contribution in [0, 0.1) is 19.8 Å². The van der Waals surface area contributed by atoms with Crippen LogP contribution in [0.2, 0.25) is 0 Å². The lowest BCUT2D eigenvalue weighted by atomic mass is 9.84. The van der Waals surface area contributed by atoms with Crippen LogP contribution in [0.4, 0.5) is 0 Å². The van der Waals surface area contributed by atoms with E-state index in [1.807, 2.05) is 0 Å². The second-order valence-corrected chi connectivity index (χ2v) is 6.75. The largest absolute Gasteiger partial charge is 0.0654 e. The average Bonchev–Trinajstić information content (AvgIpc) is 3.22. The van der Waals surface area contributed by atoms with Crippen molar-refractivity contribution in [3.63, 3.8) is 0 Å². The third kappa shape index (κ3) is 2.64. The summed E-state index contributed by atoms with van der Waals surface area (Å²) in [7, 11) is 0. The van der Waals surface area contributed by atoms with E-state index in [1.165, 1.54) is 47.9 Å². The molecule has 110 valence electrons. The van der Waals surface area contributed by atoms with E-state index in [1.54, 1.807) is 0 Å². The number of hydrogen-bond donors (Lipinski definition) is 0. The zero-order chi connectivity index (χ0) is 14.9. The summed E-state index contributed by atoms with van der Waals surface area (Å²) in [5, 5.41) is 0. The van der Waals surface area contributed by atoms with E-state index < -0.39 is 0 Å². The lowest BCUT2D eigenvalue weighted by Crippen LogP contribution is -2.12. The number of unbranched alkanes of at least 4 members (excludes halogenated alkanes) is 1. The van der Waals surface area contributed by atoms with Crippen molar-refractivity contribution in [2.45, 2.75) is 51.9 Å². The molecular weight excluding hydrogens is 252 g/mol. The van der Waals surface area contributed by atoms with Gasteiger partial charge in [-0.15, -0.1) is 0 Å². The van der Waals surface area contributed by atoms with Crippen LogP contribution in [-0.4, -0.2) is 0 Å². The van der Waals surface area contributed by atoms with Crippen LogP contribution in [-0.2, 0) is 5.41 Å². The van der Waals surface area contributed by atoms with Gasteiger partial charge in [-0.1, -0.05) is 79.4 Å². The zero-order valence-electron chi connectivity index (χ0n) is 13.5. The van der Waals surface area contributed by atoms with Gasteiger partial charge in [-0.3, -0.25) is 0 Å². The molecule has 0 spiro atoms. The maximum atomic E-state index is 2.35. The van der Waals surface area contributed by atoms with Gasteiger partial charge in [-0.05, 0) is 43.7 Å². The van der Waals surface area contributed by atoms with Crippen molar-refractivity contribution in [2.75, 3.05) is 0 Å². The van der Waals surface area contributed by atoms with Crippen LogP contribution in [0.25, 0.3) is 0 Å². The highest BCUT2D eigenvalue weighted by Gasteiger charge is 2.55. The van der Waals surface area contributed by atoms with Gasteiger partial charge in [0.1, 0.15) is 0 Å². The lowest BCUT2D eigenvalue weighted by Gasteiger charge is -2.20. The van der Waals surface area contributed by atoms with Crippen molar-refractivity contribution in [3.05, 3.63) is 70.8 Å². The molecule has 0 unspecified atom stereocenters. The normalized spacial score (nSPS) is 19.5. The molecule has 0 bridgehead atoms. The maximum Gasteiger partial charge on any atom is 0.0234 e. The highest BCUT2D eigenvalue weighted by Crippen LogP contribution is 2.60. The maximum absolute atomic E-state index is 2.35. The molecule has 3 rings (SSSR count). The van der Waals surface area contributed by atoms with Gasteiger partial charge in [0.25, 0.3) is 0 Å². The van der Waals surface area contributed by atoms with Crippen molar-refractivity contribution in [3.8, 4) is 0 Å². The van der Waals surface area contributed by atoms with Gasteiger partial charge >= 0.3 is 0 Å². The Hall–Kier alpha value is -1.56. The monoisotopic (exact) mass is 278 g/mol. The molecule has 0 aliphatic heterocycles. The molecule has 1 saturated carbocycles. The van der Waals surface area contributed by atoms with E-state index in [-0.39, 0.29) is 5.41 Å². The summed E-state index contributed by atoms with van der Waals surface area (Å²) in [6.07, 6.45) is 5.33. The first-order valence-electron chi connectivity index (χ1n) is 8.31. The van der Waals surface area contributed by atoms with E-state index in [0.717, 1.165) is 5.92 Å². The molecule has 1 atom stereocenters. The number of rotatable bonds is 5. The molecule has 0 radical (unpaired) electrons. The second kappa shape index (κ2) is 5.67. The standard InChI is InChI=1S/C21H26/c1-4-5-6-20-15-21(20,18-11-7-16(2)8-12-18)19-13-9-17(3)10-14-19/h7-14,20H,4-6,15H2,1-3H3/t20-/m1/s1. The third-order valence-corrected chi connectivity index (χ3v) is 5.14. The average molecular weight is 278 g/mol. The first-order chi connectivity index (χ1) is 10.2. The number of benzene rings is 2. The Morgan fingerprint density at radius 2 is 1.33 bits per heavy atom. The smallest absolute Gasteiger partial charge is 0.0234 e. The van der Waals surface area contributed by atoms with Crippen molar-refractivity contribution in [1.29, 1.82) is 0 Å². The molecule has 0 saturated heterocycles. The van der Waals surface area contributed by atoms with Crippen LogP contribution >= 0.6 is 0 Å². The molecule has 0 nitrogen and oxygen atoms in total. The zero-order valence-corrected chi connectivity index (χ0v) is 13.5. The summed E-state index contributed by atoms with van der Waals surface area (Å²) in [5.41, 5.74) is 6.01. The van der Waals surface area contributed by atoms with Crippen LogP contribution in [0.3, 0.4) is 0 Å². The highest BCUT2D eigenvalue weighted by atomic mass is 14.6. The van der Waals surface area contributed by atoms with E-state index in [0.29, 0.717) is 0 Å². The van der Waals surface area contributed by atoms with Gasteiger partial charge in [0.2, 0.25) is 0 Å². The van der Waals surface area contributed by atoms with E-state index in [2.05, 4.69) is 69.3 Å². The first-order valence-corrected chi connectivity index (χ1v) is 8.31. The summed E-state index contributed by atoms with van der Waals surface area (Å²) in [5.74, 6) is 0.822. The van der Waals surface area contributed by atoms with Gasteiger partial charge in [-0.2, -0.15) is 0 Å². The Balaban J connectivity index is 1.97. The molecule has 1 aliphatic carbocycles. The Labute approximate surface area is 129 Å². The van der Waals surface area contributed by atoms with E-state index in [9.17, 15) is 0 Å². The van der Waals surface area contributed by atoms with Crippen LogP contribution in [0.5, 0.6) is 0 Å². The minimum absolute atomic E-state index is 0.288. The van der Waals surface area contributed by atoms with Gasteiger partial charge in [-0.25, -0.2) is 0 Å². The summed E-state index contributed by atoms with van der Waals surface area (Å²) in [6.45, 7) is 6.63. The fourth-order valence-electron chi connectivity index (χ4n) is 3.70. The van der Waals surface area contributed by atoms with Gasteiger partial charge in [0.15, 0.2) is 0 Å². The second-order valence-electron chi connectivity index (χ2n) is 6.75. The molecule has 0 N–H and O–H groups in total. The van der Waals surface area contributed by atoms with Crippen molar-refractivity contribution >= 4 is 0 Å².